The number of aryl methyl sites for hydroxylation is 1. The Bertz CT molecular complexity index is 1030. The summed E-state index contributed by atoms with van der Waals surface area (Å²) in [5.41, 5.74) is 3.16. The lowest BCUT2D eigenvalue weighted by Gasteiger charge is -2.08. The Hall–Kier alpha value is -3.12. The van der Waals surface area contributed by atoms with Crippen molar-refractivity contribution in [2.24, 2.45) is 5.92 Å². The molecule has 0 aliphatic heterocycles. The van der Waals surface area contributed by atoms with Crippen molar-refractivity contribution in [2.45, 2.75) is 33.9 Å². The van der Waals surface area contributed by atoms with E-state index in [-0.39, 0.29) is 5.91 Å². The summed E-state index contributed by atoms with van der Waals surface area (Å²) in [6, 6.07) is 11.1. The van der Waals surface area contributed by atoms with E-state index in [0.717, 1.165) is 23.4 Å². The van der Waals surface area contributed by atoms with Gasteiger partial charge < -0.3 is 10.1 Å². The number of benzene rings is 1. The summed E-state index contributed by atoms with van der Waals surface area (Å²) in [5, 5.41) is 7.83. The number of nitrogens with one attached hydrogen (secondary N) is 1. The predicted octanol–water partition coefficient (Wildman–Crippen LogP) is 5.13. The van der Waals surface area contributed by atoms with Crippen molar-refractivity contribution in [1.29, 1.82) is 0 Å². The molecule has 1 aromatic carbocycles. The highest BCUT2D eigenvalue weighted by atomic mass is 35.5. The molecule has 3 aromatic rings. The zero-order chi connectivity index (χ0) is 21.5. The molecule has 30 heavy (non-hydrogen) atoms. The van der Waals surface area contributed by atoms with Crippen LogP contribution in [-0.4, -0.2) is 20.7 Å². The van der Waals surface area contributed by atoms with Crippen LogP contribution in [0.4, 0.5) is 5.69 Å². The van der Waals surface area contributed by atoms with Gasteiger partial charge in [-0.2, -0.15) is 5.10 Å². The molecule has 0 aliphatic carbocycles. The van der Waals surface area contributed by atoms with Gasteiger partial charge in [-0.1, -0.05) is 37.6 Å². The Labute approximate surface area is 181 Å². The summed E-state index contributed by atoms with van der Waals surface area (Å²) in [4.78, 5) is 16.4. The first-order chi connectivity index (χ1) is 14.4. The van der Waals surface area contributed by atoms with Crippen LogP contribution >= 0.6 is 11.6 Å². The third kappa shape index (κ3) is 5.94. The zero-order valence-electron chi connectivity index (χ0n) is 17.3. The van der Waals surface area contributed by atoms with E-state index in [2.05, 4.69) is 29.2 Å². The monoisotopic (exact) mass is 424 g/mol. The molecule has 0 radical (unpaired) electrons. The molecule has 0 fully saturated rings. The standard InChI is InChI=1S/C23H25ClN4O2/c1-16(2)14-28-23(24)21(17(3)27-28)9-10-22(29)26-19-7-4-8-20(12-19)30-15-18-6-5-11-25-13-18/h4-13,16H,14-15H2,1-3H3,(H,26,29)/b10-9+. The second kappa shape index (κ2) is 10.1. The summed E-state index contributed by atoms with van der Waals surface area (Å²) in [5.74, 6) is 0.829. The van der Waals surface area contributed by atoms with Gasteiger partial charge in [0.2, 0.25) is 5.91 Å². The lowest BCUT2D eigenvalue weighted by atomic mass is 10.2. The molecule has 6 nitrogen and oxygen atoms in total. The smallest absolute Gasteiger partial charge is 0.248 e. The molecule has 2 heterocycles. The van der Waals surface area contributed by atoms with Gasteiger partial charge in [0.05, 0.1) is 5.69 Å². The van der Waals surface area contributed by atoms with Gasteiger partial charge in [-0.15, -0.1) is 0 Å². The molecular formula is C23H25ClN4O2. The van der Waals surface area contributed by atoms with Gasteiger partial charge in [0.1, 0.15) is 17.5 Å². The number of hydrogen-bond donors (Lipinski definition) is 1. The van der Waals surface area contributed by atoms with Crippen LogP contribution in [0.2, 0.25) is 5.15 Å². The molecule has 0 unspecified atom stereocenters. The largest absolute Gasteiger partial charge is 0.489 e. The molecule has 0 aliphatic rings. The van der Waals surface area contributed by atoms with Crippen LogP contribution in [-0.2, 0) is 17.9 Å². The number of carbonyl (C=O) groups is 1. The summed E-state index contributed by atoms with van der Waals surface area (Å²) in [7, 11) is 0. The molecule has 1 amide bonds. The molecular weight excluding hydrogens is 400 g/mol. The van der Waals surface area contributed by atoms with E-state index in [1.165, 1.54) is 6.08 Å². The molecule has 0 spiro atoms. The molecule has 3 rings (SSSR count). The minimum Gasteiger partial charge on any atom is -0.489 e. The molecule has 2 aromatic heterocycles. The van der Waals surface area contributed by atoms with Crippen molar-refractivity contribution in [3.8, 4) is 5.75 Å². The highest BCUT2D eigenvalue weighted by Crippen LogP contribution is 2.23. The number of anilines is 1. The SMILES string of the molecule is Cc1nn(CC(C)C)c(Cl)c1/C=C/C(=O)Nc1cccc(OCc2cccnc2)c1. The fourth-order valence-electron chi connectivity index (χ4n) is 2.88. The normalized spacial score (nSPS) is 11.2. The minimum absolute atomic E-state index is 0.258. The lowest BCUT2D eigenvalue weighted by Crippen LogP contribution is -2.08. The first-order valence-electron chi connectivity index (χ1n) is 9.76. The van der Waals surface area contributed by atoms with Crippen molar-refractivity contribution in [3.05, 3.63) is 76.8 Å². The fourth-order valence-corrected chi connectivity index (χ4v) is 3.19. The number of pyridine rings is 1. The summed E-state index contributed by atoms with van der Waals surface area (Å²) < 4.78 is 7.54. The van der Waals surface area contributed by atoms with E-state index < -0.39 is 0 Å². The number of hydrogen-bond acceptors (Lipinski definition) is 4. The second-order valence-corrected chi connectivity index (χ2v) is 7.72. The Morgan fingerprint density at radius 3 is 2.87 bits per heavy atom. The summed E-state index contributed by atoms with van der Waals surface area (Å²) in [6.45, 7) is 7.22. The second-order valence-electron chi connectivity index (χ2n) is 7.37. The fraction of sp³-hybridized carbons (Fsp3) is 0.261. The topological polar surface area (TPSA) is 69.0 Å². The Morgan fingerprint density at radius 1 is 1.30 bits per heavy atom. The van der Waals surface area contributed by atoms with Gasteiger partial charge in [0, 0.05) is 47.9 Å². The van der Waals surface area contributed by atoms with Crippen LogP contribution < -0.4 is 10.1 Å². The maximum absolute atomic E-state index is 12.4. The minimum atomic E-state index is -0.258. The van der Waals surface area contributed by atoms with Gasteiger partial charge in [0.15, 0.2) is 0 Å². The summed E-state index contributed by atoms with van der Waals surface area (Å²) >= 11 is 6.42. The Kier molecular flexibility index (Phi) is 7.25. The lowest BCUT2D eigenvalue weighted by molar-refractivity contribution is -0.111. The van der Waals surface area contributed by atoms with Gasteiger partial charge in [-0.3, -0.25) is 14.5 Å². The van der Waals surface area contributed by atoms with Crippen LogP contribution in [0.15, 0.2) is 54.9 Å². The van der Waals surface area contributed by atoms with E-state index in [1.54, 1.807) is 29.2 Å². The van der Waals surface area contributed by atoms with E-state index in [0.29, 0.717) is 29.1 Å². The number of amides is 1. The maximum atomic E-state index is 12.4. The number of carbonyl (C=O) groups excluding carboxylic acids is 1. The number of ether oxygens (including phenoxy) is 1. The van der Waals surface area contributed by atoms with E-state index >= 15 is 0 Å². The highest BCUT2D eigenvalue weighted by molar-refractivity contribution is 6.31. The molecule has 0 saturated heterocycles. The van der Waals surface area contributed by atoms with Crippen LogP contribution in [0.25, 0.3) is 6.08 Å². The van der Waals surface area contributed by atoms with Gasteiger partial charge in [0.25, 0.3) is 0 Å². The maximum Gasteiger partial charge on any atom is 0.248 e. The van der Waals surface area contributed by atoms with Crippen LogP contribution in [0.5, 0.6) is 5.75 Å². The molecule has 7 heteroatoms. The first-order valence-corrected chi connectivity index (χ1v) is 10.1. The van der Waals surface area contributed by atoms with Gasteiger partial charge >= 0.3 is 0 Å². The predicted molar refractivity (Wildman–Crippen MR) is 119 cm³/mol. The third-order valence-electron chi connectivity index (χ3n) is 4.28. The van der Waals surface area contributed by atoms with Crippen LogP contribution in [0.3, 0.4) is 0 Å². The Morgan fingerprint density at radius 2 is 2.13 bits per heavy atom. The quantitative estimate of drug-likeness (QED) is 0.509. The number of rotatable bonds is 8. The van der Waals surface area contributed by atoms with Crippen molar-refractivity contribution >= 4 is 29.3 Å². The van der Waals surface area contributed by atoms with Gasteiger partial charge in [-0.25, -0.2) is 0 Å². The first kappa shape index (κ1) is 21.6. The third-order valence-corrected chi connectivity index (χ3v) is 4.68. The molecule has 0 atom stereocenters. The number of aromatic nitrogens is 3. The van der Waals surface area contributed by atoms with Crippen molar-refractivity contribution in [1.82, 2.24) is 14.8 Å². The molecule has 0 saturated carbocycles. The Balaban J connectivity index is 1.62. The number of halogens is 1. The van der Waals surface area contributed by atoms with Gasteiger partial charge in [-0.05, 0) is 37.1 Å². The average Bonchev–Trinajstić information content (AvgIpc) is 2.98. The van der Waals surface area contributed by atoms with E-state index in [1.807, 2.05) is 37.3 Å². The number of nitrogens with zero attached hydrogens (tertiary/aromatic N) is 3. The average molecular weight is 425 g/mol. The zero-order valence-corrected chi connectivity index (χ0v) is 18.1. The van der Waals surface area contributed by atoms with Crippen LogP contribution in [0, 0.1) is 12.8 Å². The van der Waals surface area contributed by atoms with Crippen molar-refractivity contribution in [3.63, 3.8) is 0 Å². The van der Waals surface area contributed by atoms with E-state index in [9.17, 15) is 4.79 Å². The molecule has 156 valence electrons. The van der Waals surface area contributed by atoms with Crippen molar-refractivity contribution in [2.75, 3.05) is 5.32 Å². The van der Waals surface area contributed by atoms with E-state index in [4.69, 9.17) is 16.3 Å². The van der Waals surface area contributed by atoms with Crippen LogP contribution in [0.1, 0.15) is 30.7 Å². The molecule has 0 bridgehead atoms. The summed E-state index contributed by atoms with van der Waals surface area (Å²) in [6.07, 6.45) is 6.63. The van der Waals surface area contributed by atoms with Crippen molar-refractivity contribution < 1.29 is 9.53 Å². The molecule has 1 N–H and O–H groups in total. The highest BCUT2D eigenvalue weighted by Gasteiger charge is 2.12.